The van der Waals surface area contributed by atoms with Crippen molar-refractivity contribution in [3.05, 3.63) is 39.9 Å². The minimum absolute atomic E-state index is 0.0145. The molecule has 7 heteroatoms. The van der Waals surface area contributed by atoms with E-state index in [0.717, 1.165) is 48.2 Å². The van der Waals surface area contributed by atoms with Gasteiger partial charge in [0.15, 0.2) is 5.82 Å². The molecule has 0 saturated carbocycles. The lowest BCUT2D eigenvalue weighted by Crippen LogP contribution is -2.33. The van der Waals surface area contributed by atoms with Crippen LogP contribution in [0.2, 0.25) is 0 Å². The van der Waals surface area contributed by atoms with Gasteiger partial charge in [-0.15, -0.1) is 11.3 Å². The molecule has 2 aromatic rings. The van der Waals surface area contributed by atoms with Crippen LogP contribution in [0.4, 0.5) is 0 Å². The van der Waals surface area contributed by atoms with E-state index in [1.807, 2.05) is 37.4 Å². The topological polar surface area (TPSA) is 62.2 Å². The highest BCUT2D eigenvalue weighted by molar-refractivity contribution is 7.09. The van der Waals surface area contributed by atoms with E-state index in [0.29, 0.717) is 6.42 Å². The van der Waals surface area contributed by atoms with E-state index < -0.39 is 0 Å². The van der Waals surface area contributed by atoms with Crippen molar-refractivity contribution in [2.45, 2.75) is 38.8 Å². The molecule has 0 aromatic carbocycles. The first kappa shape index (κ1) is 17.0. The first-order valence-corrected chi connectivity index (χ1v) is 9.08. The number of hydrogen-bond acceptors (Lipinski definition) is 6. The summed E-state index contributed by atoms with van der Waals surface area (Å²) >= 11 is 1.58. The Morgan fingerprint density at radius 1 is 1.38 bits per heavy atom. The van der Waals surface area contributed by atoms with E-state index in [-0.39, 0.29) is 11.9 Å². The van der Waals surface area contributed by atoms with Crippen LogP contribution in [0.5, 0.6) is 0 Å². The molecule has 1 unspecified atom stereocenters. The Morgan fingerprint density at radius 3 is 2.92 bits per heavy atom. The molecule has 3 rings (SSSR count). The van der Waals surface area contributed by atoms with Crippen molar-refractivity contribution in [1.82, 2.24) is 24.8 Å². The fourth-order valence-electron chi connectivity index (χ4n) is 3.07. The highest BCUT2D eigenvalue weighted by atomic mass is 32.1. The van der Waals surface area contributed by atoms with Gasteiger partial charge in [0.1, 0.15) is 0 Å². The summed E-state index contributed by atoms with van der Waals surface area (Å²) in [6.07, 6.45) is 4.07. The maximum atomic E-state index is 12.7. The molecule has 128 valence electrons. The molecule has 1 saturated heterocycles. The van der Waals surface area contributed by atoms with Crippen LogP contribution in [0, 0.1) is 6.92 Å². The molecule has 1 aliphatic rings. The van der Waals surface area contributed by atoms with Crippen molar-refractivity contribution in [3.63, 3.8) is 0 Å². The largest absolute Gasteiger partial charge is 0.332 e. The van der Waals surface area contributed by atoms with Crippen molar-refractivity contribution in [1.29, 1.82) is 0 Å². The molecule has 1 fully saturated rings. The van der Waals surface area contributed by atoms with Gasteiger partial charge in [0.05, 0.1) is 28.9 Å². The van der Waals surface area contributed by atoms with Crippen molar-refractivity contribution in [2.24, 2.45) is 0 Å². The van der Waals surface area contributed by atoms with Crippen molar-refractivity contribution < 1.29 is 4.79 Å². The summed E-state index contributed by atoms with van der Waals surface area (Å²) in [7, 11) is 4.03. The second-order valence-corrected chi connectivity index (χ2v) is 7.49. The zero-order valence-corrected chi connectivity index (χ0v) is 15.2. The third-order valence-electron chi connectivity index (χ3n) is 4.08. The number of nitrogens with zero attached hydrogens (tertiary/aromatic N) is 5. The SMILES string of the molecule is Cc1nc(CC(=O)N2CCCC2c2nccc(CN(C)C)n2)cs1. The van der Waals surface area contributed by atoms with Gasteiger partial charge in [0.2, 0.25) is 5.91 Å². The Labute approximate surface area is 146 Å². The number of carbonyl (C=O) groups is 1. The number of amides is 1. The number of thiazole rings is 1. The number of rotatable bonds is 5. The lowest BCUT2D eigenvalue weighted by atomic mass is 10.2. The van der Waals surface area contributed by atoms with Gasteiger partial charge in [0, 0.05) is 24.7 Å². The predicted octanol–water partition coefficient (Wildman–Crippen LogP) is 2.21. The molecule has 0 radical (unpaired) electrons. The standard InChI is InChI=1S/C17H23N5OS/c1-12-19-14(11-24-12)9-16(23)22-8-4-5-15(22)17-18-7-6-13(20-17)10-21(2)3/h6-7,11,15H,4-5,8-10H2,1-3H3. The van der Waals surface area contributed by atoms with E-state index in [4.69, 9.17) is 0 Å². The van der Waals surface area contributed by atoms with E-state index in [2.05, 4.69) is 19.9 Å². The van der Waals surface area contributed by atoms with Gasteiger partial charge in [-0.2, -0.15) is 0 Å². The number of aromatic nitrogens is 3. The van der Waals surface area contributed by atoms with Crippen molar-refractivity contribution >= 4 is 17.2 Å². The third-order valence-corrected chi connectivity index (χ3v) is 4.90. The van der Waals surface area contributed by atoms with Crippen LogP contribution < -0.4 is 0 Å². The normalized spacial score (nSPS) is 17.7. The molecule has 3 heterocycles. The van der Waals surface area contributed by atoms with Gasteiger partial charge in [-0.1, -0.05) is 0 Å². The van der Waals surface area contributed by atoms with E-state index in [9.17, 15) is 4.79 Å². The van der Waals surface area contributed by atoms with Crippen LogP contribution in [0.25, 0.3) is 0 Å². The minimum atomic E-state index is -0.0145. The van der Waals surface area contributed by atoms with Crippen molar-refractivity contribution in [3.8, 4) is 0 Å². The lowest BCUT2D eigenvalue weighted by molar-refractivity contribution is -0.131. The zero-order valence-electron chi connectivity index (χ0n) is 14.4. The van der Waals surface area contributed by atoms with Gasteiger partial charge < -0.3 is 9.80 Å². The van der Waals surface area contributed by atoms with Crippen LogP contribution in [-0.2, 0) is 17.8 Å². The van der Waals surface area contributed by atoms with Gasteiger partial charge in [-0.05, 0) is 39.9 Å². The summed E-state index contributed by atoms with van der Waals surface area (Å²) in [4.78, 5) is 30.2. The summed E-state index contributed by atoms with van der Waals surface area (Å²) in [5.74, 6) is 0.874. The summed E-state index contributed by atoms with van der Waals surface area (Å²) in [6, 6.07) is 1.92. The maximum Gasteiger partial charge on any atom is 0.229 e. The van der Waals surface area contributed by atoms with Crippen LogP contribution in [0.3, 0.4) is 0 Å². The van der Waals surface area contributed by atoms with Gasteiger partial charge in [-0.3, -0.25) is 4.79 Å². The second-order valence-electron chi connectivity index (χ2n) is 6.42. The molecule has 24 heavy (non-hydrogen) atoms. The van der Waals surface area contributed by atoms with Crippen LogP contribution in [0.1, 0.15) is 41.1 Å². The van der Waals surface area contributed by atoms with Gasteiger partial charge in [-0.25, -0.2) is 15.0 Å². The summed E-state index contributed by atoms with van der Waals surface area (Å²) in [5.41, 5.74) is 1.84. The highest BCUT2D eigenvalue weighted by Gasteiger charge is 2.32. The Kier molecular flexibility index (Phi) is 5.20. The van der Waals surface area contributed by atoms with E-state index >= 15 is 0 Å². The molecule has 1 atom stereocenters. The Bertz CT molecular complexity index is 715. The predicted molar refractivity (Wildman–Crippen MR) is 93.7 cm³/mol. The van der Waals surface area contributed by atoms with E-state index in [1.54, 1.807) is 17.5 Å². The quantitative estimate of drug-likeness (QED) is 0.831. The lowest BCUT2D eigenvalue weighted by Gasteiger charge is -2.23. The maximum absolute atomic E-state index is 12.7. The molecule has 6 nitrogen and oxygen atoms in total. The fraction of sp³-hybridized carbons (Fsp3) is 0.529. The summed E-state index contributed by atoms with van der Waals surface area (Å²) in [6.45, 7) is 3.50. The third kappa shape index (κ3) is 3.96. The number of carbonyl (C=O) groups excluding carboxylic acids is 1. The Morgan fingerprint density at radius 2 is 2.21 bits per heavy atom. The first-order valence-electron chi connectivity index (χ1n) is 8.20. The van der Waals surface area contributed by atoms with Gasteiger partial charge >= 0.3 is 0 Å². The smallest absolute Gasteiger partial charge is 0.229 e. The first-order chi connectivity index (χ1) is 11.5. The molecular formula is C17H23N5OS. The number of aryl methyl sites for hydroxylation is 1. The number of likely N-dealkylation sites (tertiary alicyclic amines) is 1. The Hall–Kier alpha value is -1.86. The van der Waals surface area contributed by atoms with Crippen LogP contribution >= 0.6 is 11.3 Å². The van der Waals surface area contributed by atoms with Crippen LogP contribution in [0.15, 0.2) is 17.6 Å². The zero-order chi connectivity index (χ0) is 17.1. The number of hydrogen-bond donors (Lipinski definition) is 0. The average molecular weight is 345 g/mol. The molecule has 1 amide bonds. The van der Waals surface area contributed by atoms with Crippen LogP contribution in [-0.4, -0.2) is 51.3 Å². The molecular weight excluding hydrogens is 322 g/mol. The van der Waals surface area contributed by atoms with Gasteiger partial charge in [0.25, 0.3) is 0 Å². The molecule has 0 N–H and O–H groups in total. The molecule has 0 spiro atoms. The molecule has 1 aliphatic heterocycles. The fourth-order valence-corrected chi connectivity index (χ4v) is 3.68. The summed E-state index contributed by atoms with van der Waals surface area (Å²) < 4.78 is 0. The minimum Gasteiger partial charge on any atom is -0.332 e. The highest BCUT2D eigenvalue weighted by Crippen LogP contribution is 2.30. The monoisotopic (exact) mass is 345 g/mol. The molecule has 0 bridgehead atoms. The van der Waals surface area contributed by atoms with Crippen molar-refractivity contribution in [2.75, 3.05) is 20.6 Å². The Balaban J connectivity index is 1.74. The molecule has 2 aromatic heterocycles. The van der Waals surface area contributed by atoms with E-state index in [1.165, 1.54) is 0 Å². The second kappa shape index (κ2) is 7.36. The molecule has 0 aliphatic carbocycles. The summed E-state index contributed by atoms with van der Waals surface area (Å²) in [5, 5.41) is 2.96. The average Bonchev–Trinajstić information content (AvgIpc) is 3.16.